The van der Waals surface area contributed by atoms with Gasteiger partial charge in [-0.3, -0.25) is 4.79 Å². The molecule has 2 aromatic carbocycles. The minimum Gasteiger partial charge on any atom is -0.378 e. The van der Waals surface area contributed by atoms with Crippen LogP contribution in [0.3, 0.4) is 0 Å². The zero-order valence-electron chi connectivity index (χ0n) is 14.7. The molecule has 0 fully saturated rings. The molecule has 3 rings (SSSR count). The number of hydrogen-bond donors (Lipinski definition) is 1. The van der Waals surface area contributed by atoms with Crippen LogP contribution in [0.4, 0.5) is 11.4 Å². The molecule has 1 N–H and O–H groups in total. The average molecular weight is 322 g/mol. The fraction of sp³-hybridized carbons (Fsp3) is 0.381. The second-order valence-corrected chi connectivity index (χ2v) is 6.72. The maximum atomic E-state index is 12.9. The topological polar surface area (TPSA) is 32.3 Å². The average Bonchev–Trinajstić information content (AvgIpc) is 2.61. The fourth-order valence-electron chi connectivity index (χ4n) is 3.43. The summed E-state index contributed by atoms with van der Waals surface area (Å²) in [6.07, 6.45) is 1.78. The molecule has 0 spiro atoms. The smallest absolute Gasteiger partial charge is 0.230 e. The second kappa shape index (κ2) is 7.08. The number of hydrogen-bond acceptors (Lipinski definition) is 2. The largest absolute Gasteiger partial charge is 0.378 e. The fourth-order valence-corrected chi connectivity index (χ4v) is 3.43. The van der Waals surface area contributed by atoms with Crippen LogP contribution in [-0.4, -0.2) is 11.9 Å². The van der Waals surface area contributed by atoms with Gasteiger partial charge in [0, 0.05) is 23.3 Å². The minimum atomic E-state index is 0.0548. The van der Waals surface area contributed by atoms with E-state index in [1.165, 1.54) is 5.56 Å². The number of fused-ring (bicyclic) bond motifs is 1. The lowest BCUT2D eigenvalue weighted by Crippen LogP contribution is -2.46. The Labute approximate surface area is 144 Å². The van der Waals surface area contributed by atoms with Crippen molar-refractivity contribution in [3.8, 4) is 0 Å². The molecule has 1 aliphatic heterocycles. The molecule has 0 bridgehead atoms. The predicted molar refractivity (Wildman–Crippen MR) is 100 cm³/mol. The number of carbonyl (C=O) groups excluding carboxylic acids is 1. The molecular weight excluding hydrogens is 296 g/mol. The highest BCUT2D eigenvalue weighted by molar-refractivity contribution is 5.96. The Balaban J connectivity index is 1.94. The van der Waals surface area contributed by atoms with Gasteiger partial charge in [-0.25, -0.2) is 0 Å². The van der Waals surface area contributed by atoms with Gasteiger partial charge in [0.15, 0.2) is 0 Å². The summed E-state index contributed by atoms with van der Waals surface area (Å²) in [5.74, 6) is 0.287. The lowest BCUT2D eigenvalue weighted by Gasteiger charge is -2.41. The van der Waals surface area contributed by atoms with Crippen LogP contribution in [0.2, 0.25) is 0 Å². The zero-order valence-corrected chi connectivity index (χ0v) is 14.7. The van der Waals surface area contributed by atoms with E-state index in [4.69, 9.17) is 0 Å². The Morgan fingerprint density at radius 3 is 2.54 bits per heavy atom. The molecule has 3 nitrogen and oxygen atoms in total. The molecule has 2 aromatic rings. The van der Waals surface area contributed by atoms with Crippen LogP contribution in [0.15, 0.2) is 54.6 Å². The van der Waals surface area contributed by atoms with Gasteiger partial charge in [0.05, 0.1) is 6.04 Å². The summed E-state index contributed by atoms with van der Waals surface area (Å²) in [4.78, 5) is 14.9. The van der Waals surface area contributed by atoms with Gasteiger partial charge in [0.1, 0.15) is 0 Å². The lowest BCUT2D eigenvalue weighted by atomic mass is 9.90. The first-order chi connectivity index (χ1) is 11.6. The van der Waals surface area contributed by atoms with E-state index in [9.17, 15) is 4.79 Å². The Kier molecular flexibility index (Phi) is 4.89. The zero-order chi connectivity index (χ0) is 17.1. The molecule has 24 heavy (non-hydrogen) atoms. The highest BCUT2D eigenvalue weighted by Crippen LogP contribution is 2.39. The lowest BCUT2D eigenvalue weighted by molar-refractivity contribution is -0.122. The molecule has 0 saturated carbocycles. The summed E-state index contributed by atoms with van der Waals surface area (Å²) in [6, 6.07) is 19.0. The Morgan fingerprint density at radius 1 is 1.17 bits per heavy atom. The van der Waals surface area contributed by atoms with Gasteiger partial charge in [0.25, 0.3) is 0 Å². The van der Waals surface area contributed by atoms with Crippen molar-refractivity contribution in [2.24, 2.45) is 5.92 Å². The number of anilines is 2. The first kappa shape index (κ1) is 16.6. The van der Waals surface area contributed by atoms with E-state index in [-0.39, 0.29) is 23.9 Å². The summed E-state index contributed by atoms with van der Waals surface area (Å²) in [5, 5.41) is 3.63. The first-order valence-electron chi connectivity index (χ1n) is 8.85. The molecule has 3 heteroatoms. The standard InChI is InChI=1S/C21H26N2O/c1-4-15(2)21(24)23-16(3)14-19(18-12-8-9-13-20(18)23)22-17-10-6-5-7-11-17/h5-13,15-16,19,22H,4,14H2,1-3H3/t15-,16+,19+/m1/s1. The minimum absolute atomic E-state index is 0.0548. The predicted octanol–water partition coefficient (Wildman–Crippen LogP) is 5.01. The molecular formula is C21H26N2O. The van der Waals surface area contributed by atoms with Crippen LogP contribution >= 0.6 is 0 Å². The van der Waals surface area contributed by atoms with E-state index in [2.05, 4.69) is 49.5 Å². The second-order valence-electron chi connectivity index (χ2n) is 6.72. The Bertz CT molecular complexity index is 698. The van der Waals surface area contributed by atoms with Crippen molar-refractivity contribution >= 4 is 17.3 Å². The van der Waals surface area contributed by atoms with Crippen molar-refractivity contribution < 1.29 is 4.79 Å². The monoisotopic (exact) mass is 322 g/mol. The SMILES string of the molecule is CC[C@@H](C)C(=O)N1c2ccccc2[C@@H](Nc2ccccc2)C[C@@H]1C. The summed E-state index contributed by atoms with van der Waals surface area (Å²) in [6.45, 7) is 6.24. The van der Waals surface area contributed by atoms with Crippen LogP contribution in [0, 0.1) is 5.92 Å². The van der Waals surface area contributed by atoms with Crippen LogP contribution in [-0.2, 0) is 4.79 Å². The van der Waals surface area contributed by atoms with Crippen molar-refractivity contribution in [1.82, 2.24) is 0 Å². The number of nitrogens with zero attached hydrogens (tertiary/aromatic N) is 1. The van der Waals surface area contributed by atoms with Crippen molar-refractivity contribution in [2.45, 2.75) is 45.7 Å². The van der Waals surface area contributed by atoms with Crippen LogP contribution in [0.25, 0.3) is 0 Å². The van der Waals surface area contributed by atoms with E-state index in [1.54, 1.807) is 0 Å². The molecule has 0 aromatic heterocycles. The third-order valence-electron chi connectivity index (χ3n) is 4.98. The van der Waals surface area contributed by atoms with E-state index < -0.39 is 0 Å². The molecule has 1 aliphatic rings. The molecule has 0 unspecified atom stereocenters. The van der Waals surface area contributed by atoms with E-state index >= 15 is 0 Å². The maximum absolute atomic E-state index is 12.9. The van der Waals surface area contributed by atoms with Crippen LogP contribution in [0.5, 0.6) is 0 Å². The summed E-state index contributed by atoms with van der Waals surface area (Å²) >= 11 is 0. The van der Waals surface area contributed by atoms with Crippen molar-refractivity contribution in [3.05, 3.63) is 60.2 Å². The summed E-state index contributed by atoms with van der Waals surface area (Å²) in [5.41, 5.74) is 3.37. The summed E-state index contributed by atoms with van der Waals surface area (Å²) in [7, 11) is 0. The molecule has 126 valence electrons. The number of carbonyl (C=O) groups is 1. The number of benzene rings is 2. The Hall–Kier alpha value is -2.29. The van der Waals surface area contributed by atoms with Gasteiger partial charge in [-0.1, -0.05) is 50.2 Å². The number of para-hydroxylation sites is 2. The van der Waals surface area contributed by atoms with E-state index in [0.717, 1.165) is 24.2 Å². The van der Waals surface area contributed by atoms with Crippen LogP contribution < -0.4 is 10.2 Å². The highest BCUT2D eigenvalue weighted by atomic mass is 16.2. The Morgan fingerprint density at radius 2 is 1.83 bits per heavy atom. The molecule has 1 heterocycles. The van der Waals surface area contributed by atoms with Gasteiger partial charge in [0.2, 0.25) is 5.91 Å². The molecule has 0 aliphatic carbocycles. The number of nitrogens with one attached hydrogen (secondary N) is 1. The van der Waals surface area contributed by atoms with Gasteiger partial charge >= 0.3 is 0 Å². The van der Waals surface area contributed by atoms with Gasteiger partial charge < -0.3 is 10.2 Å². The van der Waals surface area contributed by atoms with Crippen molar-refractivity contribution in [1.29, 1.82) is 0 Å². The summed E-state index contributed by atoms with van der Waals surface area (Å²) < 4.78 is 0. The van der Waals surface area contributed by atoms with Gasteiger partial charge in [-0.2, -0.15) is 0 Å². The van der Waals surface area contributed by atoms with Crippen LogP contribution in [0.1, 0.15) is 45.2 Å². The quantitative estimate of drug-likeness (QED) is 0.858. The van der Waals surface area contributed by atoms with E-state index in [0.29, 0.717) is 0 Å². The van der Waals surface area contributed by atoms with Crippen molar-refractivity contribution in [2.75, 3.05) is 10.2 Å². The molecule has 3 atom stereocenters. The maximum Gasteiger partial charge on any atom is 0.230 e. The molecule has 1 amide bonds. The van der Waals surface area contributed by atoms with Crippen molar-refractivity contribution in [3.63, 3.8) is 0 Å². The molecule has 0 radical (unpaired) electrons. The molecule has 0 saturated heterocycles. The van der Waals surface area contributed by atoms with E-state index in [1.807, 2.05) is 36.1 Å². The third-order valence-corrected chi connectivity index (χ3v) is 4.98. The van der Waals surface area contributed by atoms with Gasteiger partial charge in [-0.05, 0) is 43.5 Å². The number of amides is 1. The third kappa shape index (κ3) is 3.16. The van der Waals surface area contributed by atoms with Gasteiger partial charge in [-0.15, -0.1) is 0 Å². The normalized spacial score (nSPS) is 21.0. The number of rotatable bonds is 4. The first-order valence-corrected chi connectivity index (χ1v) is 8.85. The highest BCUT2D eigenvalue weighted by Gasteiger charge is 2.34.